The number of unbranched alkanes of at least 4 members (excludes halogenated alkanes) is 29. The summed E-state index contributed by atoms with van der Waals surface area (Å²) in [5.41, 5.74) is 0. The van der Waals surface area contributed by atoms with Gasteiger partial charge in [-0.25, -0.2) is 0 Å². The molecule has 0 aromatic heterocycles. The summed E-state index contributed by atoms with van der Waals surface area (Å²) in [4.78, 5) is 40.0. The zero-order chi connectivity index (χ0) is 57.2. The standard InChI is InChI=1S/C68H121N2O7P/c1-7-10-13-16-19-22-25-28-30-31-32-33-34-35-36-37-38-39-41-42-45-48-51-54-57-60-67(71)69-65(64-76-78(73,74)75-63-62-70(4,5)6)66(59-56-53-50-47-44-27-24-21-18-15-12-9-3)77-68(72)61-58-55-52-49-46-43-40-29-26-23-20-17-14-11-8-2/h11,14,17,19-20,22-23,26,28,30,32-33,35-36,56,59,65-66H,7-10,12-13,15-16,18,21,24-25,27,29,31,34,37-55,57-58,60-64H2,1-6H3,(H-,69,71,73,74)/b14-11+,20-17+,22-19-,26-23+,30-28-,33-32-,36-35-,59-56-. The van der Waals surface area contributed by atoms with Crippen molar-refractivity contribution in [3.8, 4) is 0 Å². The van der Waals surface area contributed by atoms with E-state index in [0.717, 1.165) is 103 Å². The average Bonchev–Trinajstić information content (AvgIpc) is 3.40. The van der Waals surface area contributed by atoms with Crippen LogP contribution in [0.3, 0.4) is 0 Å². The number of hydrogen-bond donors (Lipinski definition) is 1. The van der Waals surface area contributed by atoms with E-state index in [1.807, 2.05) is 33.3 Å². The van der Waals surface area contributed by atoms with Crippen molar-refractivity contribution in [3.05, 3.63) is 97.2 Å². The number of rotatable bonds is 57. The molecule has 1 N–H and O–H groups in total. The lowest BCUT2D eigenvalue weighted by Crippen LogP contribution is -2.47. The Morgan fingerprint density at radius 1 is 0.474 bits per heavy atom. The molecule has 0 aromatic carbocycles. The molecule has 0 spiro atoms. The predicted octanol–water partition coefficient (Wildman–Crippen LogP) is 19.3. The molecule has 0 bridgehead atoms. The first kappa shape index (κ1) is 74.9. The van der Waals surface area contributed by atoms with Crippen LogP contribution in [0.2, 0.25) is 0 Å². The topological polar surface area (TPSA) is 114 Å². The Bertz CT molecular complexity index is 1660. The van der Waals surface area contributed by atoms with Crippen molar-refractivity contribution in [3.63, 3.8) is 0 Å². The molecule has 0 rings (SSSR count). The van der Waals surface area contributed by atoms with Gasteiger partial charge in [0.2, 0.25) is 5.91 Å². The molecule has 0 aliphatic rings. The normalized spacial score (nSPS) is 14.3. The van der Waals surface area contributed by atoms with Gasteiger partial charge in [-0.15, -0.1) is 0 Å². The van der Waals surface area contributed by atoms with Gasteiger partial charge < -0.3 is 28.5 Å². The van der Waals surface area contributed by atoms with E-state index in [9.17, 15) is 19.0 Å². The summed E-state index contributed by atoms with van der Waals surface area (Å²) in [6, 6.07) is -0.902. The fraction of sp³-hybridized carbons (Fsp3) is 0.735. The number of carbonyl (C=O) groups is 2. The van der Waals surface area contributed by atoms with Crippen LogP contribution >= 0.6 is 7.82 Å². The van der Waals surface area contributed by atoms with Gasteiger partial charge in [0.1, 0.15) is 19.3 Å². The van der Waals surface area contributed by atoms with Crippen molar-refractivity contribution in [2.75, 3.05) is 40.9 Å². The zero-order valence-electron chi connectivity index (χ0n) is 51.3. The number of amides is 1. The van der Waals surface area contributed by atoms with Gasteiger partial charge >= 0.3 is 5.97 Å². The number of phosphoric acid groups is 1. The smallest absolute Gasteiger partial charge is 0.306 e. The summed E-state index contributed by atoms with van der Waals surface area (Å²) in [6.07, 6.45) is 76.6. The number of carbonyl (C=O) groups excluding carboxylic acids is 2. The Labute approximate surface area is 481 Å². The predicted molar refractivity (Wildman–Crippen MR) is 334 cm³/mol. The Morgan fingerprint density at radius 2 is 0.872 bits per heavy atom. The molecule has 3 atom stereocenters. The molecule has 10 heteroatoms. The first-order valence-electron chi connectivity index (χ1n) is 32.1. The lowest BCUT2D eigenvalue weighted by Gasteiger charge is -2.30. The van der Waals surface area contributed by atoms with Gasteiger partial charge in [0.25, 0.3) is 7.82 Å². The third-order valence-corrected chi connectivity index (χ3v) is 14.8. The molecule has 0 aliphatic heterocycles. The van der Waals surface area contributed by atoms with E-state index >= 15 is 0 Å². The summed E-state index contributed by atoms with van der Waals surface area (Å²) in [5, 5.41) is 3.03. The van der Waals surface area contributed by atoms with Crippen LogP contribution in [0, 0.1) is 0 Å². The monoisotopic (exact) mass is 1110 g/mol. The summed E-state index contributed by atoms with van der Waals surface area (Å²) >= 11 is 0. The summed E-state index contributed by atoms with van der Waals surface area (Å²) in [5.74, 6) is -0.564. The minimum Gasteiger partial charge on any atom is -0.756 e. The minimum atomic E-state index is -4.71. The third-order valence-electron chi connectivity index (χ3n) is 13.8. The quantitative estimate of drug-likeness (QED) is 0.0161. The Kier molecular flexibility index (Phi) is 54.9. The number of quaternary nitrogens is 1. The van der Waals surface area contributed by atoms with Gasteiger partial charge in [-0.1, -0.05) is 260 Å². The van der Waals surface area contributed by atoms with Gasteiger partial charge in [-0.05, 0) is 96.0 Å². The molecule has 0 radical (unpaired) electrons. The Hall–Kier alpha value is -3.07. The van der Waals surface area contributed by atoms with Gasteiger partial charge in [-0.2, -0.15) is 0 Å². The lowest BCUT2D eigenvalue weighted by molar-refractivity contribution is -0.870. The number of allylic oxidation sites excluding steroid dienone is 15. The molecule has 1 amide bonds. The molecule has 0 fully saturated rings. The Balaban J connectivity index is 5.17. The molecular formula is C68H121N2O7P. The number of esters is 1. The van der Waals surface area contributed by atoms with E-state index in [4.69, 9.17) is 13.8 Å². The SMILES string of the molecule is CC/C=C/C=C/C=C/CCCCCCCCCC(=O)OC(/C=C\CCCCCCCCCCCC)C(COP(=O)([O-])OCC[N+](C)(C)C)NC(=O)CCCCCCCCCCC/C=C\C/C=C\C/C=C\C/C=C\CCCCC. The number of hydrogen-bond acceptors (Lipinski definition) is 7. The molecule has 9 nitrogen and oxygen atoms in total. The maximum atomic E-state index is 13.6. The number of likely N-dealkylation sites (N-methyl/N-ethyl adjacent to an activating group) is 1. The van der Waals surface area contributed by atoms with E-state index in [0.29, 0.717) is 23.9 Å². The van der Waals surface area contributed by atoms with Crippen LogP contribution < -0.4 is 10.2 Å². The fourth-order valence-electron chi connectivity index (χ4n) is 8.86. The minimum absolute atomic E-state index is 0.0299. The van der Waals surface area contributed by atoms with Crippen molar-refractivity contribution in [2.45, 2.75) is 283 Å². The average molecular weight is 1110 g/mol. The molecule has 78 heavy (non-hydrogen) atoms. The summed E-state index contributed by atoms with van der Waals surface area (Å²) < 4.78 is 30.3. The molecule has 0 aromatic rings. The molecule has 0 aliphatic carbocycles. The molecular weight excluding hydrogens is 988 g/mol. The maximum Gasteiger partial charge on any atom is 0.306 e. The van der Waals surface area contributed by atoms with E-state index < -0.39 is 26.6 Å². The van der Waals surface area contributed by atoms with Gasteiger partial charge in [-0.3, -0.25) is 14.2 Å². The zero-order valence-corrected chi connectivity index (χ0v) is 52.2. The van der Waals surface area contributed by atoms with E-state index in [1.54, 1.807) is 0 Å². The summed E-state index contributed by atoms with van der Waals surface area (Å²) in [7, 11) is 1.16. The first-order chi connectivity index (χ1) is 37.9. The molecule has 450 valence electrons. The highest BCUT2D eigenvalue weighted by Gasteiger charge is 2.27. The highest BCUT2D eigenvalue weighted by Crippen LogP contribution is 2.38. The highest BCUT2D eigenvalue weighted by atomic mass is 31.2. The Morgan fingerprint density at radius 3 is 1.36 bits per heavy atom. The van der Waals surface area contributed by atoms with Crippen molar-refractivity contribution in [1.29, 1.82) is 0 Å². The second kappa shape index (κ2) is 57.2. The fourth-order valence-corrected chi connectivity index (χ4v) is 9.58. The first-order valence-corrected chi connectivity index (χ1v) is 33.5. The summed E-state index contributed by atoms with van der Waals surface area (Å²) in [6.45, 7) is 6.67. The van der Waals surface area contributed by atoms with Crippen LogP contribution in [-0.2, 0) is 27.9 Å². The molecule has 0 saturated heterocycles. The van der Waals surface area contributed by atoms with Crippen LogP contribution in [0.15, 0.2) is 97.2 Å². The molecule has 0 heterocycles. The van der Waals surface area contributed by atoms with Crippen molar-refractivity contribution in [1.82, 2.24) is 5.32 Å². The van der Waals surface area contributed by atoms with Crippen LogP contribution in [0.25, 0.3) is 0 Å². The maximum absolute atomic E-state index is 13.6. The highest BCUT2D eigenvalue weighted by molar-refractivity contribution is 7.45. The third kappa shape index (κ3) is 57.6. The van der Waals surface area contributed by atoms with Crippen LogP contribution in [0.1, 0.15) is 271 Å². The molecule has 0 saturated carbocycles. The van der Waals surface area contributed by atoms with Gasteiger partial charge in [0.15, 0.2) is 0 Å². The number of nitrogens with one attached hydrogen (secondary N) is 1. The second-order valence-electron chi connectivity index (χ2n) is 22.6. The van der Waals surface area contributed by atoms with Crippen LogP contribution in [0.5, 0.6) is 0 Å². The largest absolute Gasteiger partial charge is 0.756 e. The van der Waals surface area contributed by atoms with Gasteiger partial charge in [0.05, 0.1) is 33.8 Å². The number of ether oxygens (including phenoxy) is 1. The van der Waals surface area contributed by atoms with Crippen molar-refractivity contribution >= 4 is 19.7 Å². The number of nitrogens with zero attached hydrogens (tertiary/aromatic N) is 1. The van der Waals surface area contributed by atoms with E-state index in [1.165, 1.54) is 128 Å². The van der Waals surface area contributed by atoms with Gasteiger partial charge in [0, 0.05) is 12.8 Å². The van der Waals surface area contributed by atoms with Crippen molar-refractivity contribution < 1.29 is 37.3 Å². The second-order valence-corrected chi connectivity index (χ2v) is 24.0. The van der Waals surface area contributed by atoms with Crippen molar-refractivity contribution in [2.24, 2.45) is 0 Å². The number of phosphoric ester groups is 1. The van der Waals surface area contributed by atoms with E-state index in [2.05, 4.69) is 111 Å². The molecule has 3 unspecified atom stereocenters. The van der Waals surface area contributed by atoms with Crippen LogP contribution in [-0.4, -0.2) is 69.4 Å². The van der Waals surface area contributed by atoms with E-state index in [-0.39, 0.29) is 24.9 Å². The lowest BCUT2D eigenvalue weighted by atomic mass is 10.0. The van der Waals surface area contributed by atoms with Crippen LogP contribution in [0.4, 0.5) is 0 Å².